The van der Waals surface area contributed by atoms with Crippen molar-refractivity contribution in [1.29, 1.82) is 5.26 Å². The standard InChI is InChI=1S/C28H23FN6O2/c1-36-22-9-8-20(26(13-22)37-2)15-32-28-27-21(12-24(33-28)19-6-3-5-18(11-19)14-30)16-35(34-27)17-25-23(29)7-4-10-31-25/h3-13,16H,15,17H2,1-2H3,(H,32,33). The van der Waals surface area contributed by atoms with Gasteiger partial charge in [-0.1, -0.05) is 12.1 Å². The average molecular weight is 495 g/mol. The van der Waals surface area contributed by atoms with Crippen LogP contribution in [-0.2, 0) is 13.1 Å². The molecule has 37 heavy (non-hydrogen) atoms. The molecule has 5 aromatic rings. The number of pyridine rings is 2. The number of benzene rings is 2. The minimum atomic E-state index is -0.390. The summed E-state index contributed by atoms with van der Waals surface area (Å²) in [4.78, 5) is 8.97. The highest BCUT2D eigenvalue weighted by Crippen LogP contribution is 2.30. The zero-order valence-electron chi connectivity index (χ0n) is 20.3. The molecule has 1 N–H and O–H groups in total. The Bertz CT molecular complexity index is 1630. The fourth-order valence-corrected chi connectivity index (χ4v) is 4.04. The molecule has 0 saturated heterocycles. The van der Waals surface area contributed by atoms with Gasteiger partial charge in [0, 0.05) is 41.5 Å². The van der Waals surface area contributed by atoms with Crippen molar-refractivity contribution >= 4 is 16.7 Å². The molecule has 0 aliphatic rings. The van der Waals surface area contributed by atoms with Crippen LogP contribution in [0, 0.1) is 17.1 Å². The predicted octanol–water partition coefficient (Wildman–Crippen LogP) is 5.18. The van der Waals surface area contributed by atoms with Crippen LogP contribution in [0.4, 0.5) is 10.2 Å². The molecule has 3 aromatic heterocycles. The average Bonchev–Trinajstić information content (AvgIpc) is 3.35. The van der Waals surface area contributed by atoms with Crippen LogP contribution in [0.2, 0.25) is 0 Å². The van der Waals surface area contributed by atoms with Crippen molar-refractivity contribution < 1.29 is 13.9 Å². The molecule has 0 atom stereocenters. The van der Waals surface area contributed by atoms with Crippen LogP contribution >= 0.6 is 0 Å². The third kappa shape index (κ3) is 5.04. The van der Waals surface area contributed by atoms with E-state index in [9.17, 15) is 9.65 Å². The van der Waals surface area contributed by atoms with Gasteiger partial charge in [0.15, 0.2) is 5.82 Å². The molecule has 2 aromatic carbocycles. The lowest BCUT2D eigenvalue weighted by Crippen LogP contribution is -2.06. The minimum Gasteiger partial charge on any atom is -0.497 e. The number of methoxy groups -OCH3 is 2. The van der Waals surface area contributed by atoms with Crippen molar-refractivity contribution in [3.8, 4) is 28.8 Å². The van der Waals surface area contributed by atoms with E-state index in [1.165, 1.54) is 6.07 Å². The molecule has 9 heteroatoms. The van der Waals surface area contributed by atoms with E-state index in [-0.39, 0.29) is 12.4 Å². The first kappa shape index (κ1) is 23.8. The Balaban J connectivity index is 1.55. The highest BCUT2D eigenvalue weighted by atomic mass is 19.1. The van der Waals surface area contributed by atoms with Gasteiger partial charge < -0.3 is 14.8 Å². The van der Waals surface area contributed by atoms with Crippen LogP contribution in [0.1, 0.15) is 16.8 Å². The summed E-state index contributed by atoms with van der Waals surface area (Å²) in [5, 5.41) is 18.2. The Morgan fingerprint density at radius 2 is 1.95 bits per heavy atom. The molecular formula is C28H23FN6O2. The molecule has 8 nitrogen and oxygen atoms in total. The minimum absolute atomic E-state index is 0.173. The zero-order valence-corrected chi connectivity index (χ0v) is 20.3. The lowest BCUT2D eigenvalue weighted by molar-refractivity contribution is 0.391. The quantitative estimate of drug-likeness (QED) is 0.317. The maximum Gasteiger partial charge on any atom is 0.155 e. The summed E-state index contributed by atoms with van der Waals surface area (Å²) in [5.41, 5.74) is 3.85. The number of nitriles is 1. The number of hydrogen-bond acceptors (Lipinski definition) is 7. The van der Waals surface area contributed by atoms with Gasteiger partial charge in [-0.15, -0.1) is 0 Å². The molecule has 0 fully saturated rings. The molecule has 0 aliphatic heterocycles. The maximum absolute atomic E-state index is 14.2. The number of nitrogens with one attached hydrogen (secondary N) is 1. The summed E-state index contributed by atoms with van der Waals surface area (Å²) < 4.78 is 26.7. The van der Waals surface area contributed by atoms with E-state index in [0.29, 0.717) is 46.3 Å². The molecule has 0 aliphatic carbocycles. The van der Waals surface area contributed by atoms with Gasteiger partial charge in [0.05, 0.1) is 43.8 Å². The summed E-state index contributed by atoms with van der Waals surface area (Å²) in [6.45, 7) is 0.588. The highest BCUT2D eigenvalue weighted by molar-refractivity contribution is 5.91. The number of nitrogens with zero attached hydrogens (tertiary/aromatic N) is 5. The Labute approximate surface area is 212 Å². The second-order valence-corrected chi connectivity index (χ2v) is 8.28. The molecular weight excluding hydrogens is 471 g/mol. The molecule has 0 radical (unpaired) electrons. The van der Waals surface area contributed by atoms with Crippen LogP contribution in [0.25, 0.3) is 22.2 Å². The van der Waals surface area contributed by atoms with E-state index < -0.39 is 0 Å². The van der Waals surface area contributed by atoms with Gasteiger partial charge in [-0.05, 0) is 42.5 Å². The topological polar surface area (TPSA) is 97.9 Å². The fourth-order valence-electron chi connectivity index (χ4n) is 4.04. The number of rotatable bonds is 8. The molecule has 0 saturated carbocycles. The molecule has 0 amide bonds. The van der Waals surface area contributed by atoms with E-state index in [1.807, 2.05) is 42.6 Å². The van der Waals surface area contributed by atoms with Crippen molar-refractivity contribution in [2.75, 3.05) is 19.5 Å². The lowest BCUT2D eigenvalue weighted by Gasteiger charge is -2.13. The Kier molecular flexibility index (Phi) is 6.64. The first-order valence-electron chi connectivity index (χ1n) is 11.5. The summed E-state index contributed by atoms with van der Waals surface area (Å²) in [7, 11) is 3.21. The van der Waals surface area contributed by atoms with Crippen LogP contribution in [0.15, 0.2) is 73.1 Å². The van der Waals surface area contributed by atoms with Gasteiger partial charge in [-0.3, -0.25) is 9.67 Å². The number of halogens is 1. The highest BCUT2D eigenvalue weighted by Gasteiger charge is 2.15. The van der Waals surface area contributed by atoms with Gasteiger partial charge >= 0.3 is 0 Å². The molecule has 0 bridgehead atoms. The van der Waals surface area contributed by atoms with Crippen molar-refractivity contribution in [2.45, 2.75) is 13.1 Å². The number of ether oxygens (including phenoxy) is 2. The van der Waals surface area contributed by atoms with Crippen LogP contribution < -0.4 is 14.8 Å². The van der Waals surface area contributed by atoms with Gasteiger partial charge in [0.25, 0.3) is 0 Å². The van der Waals surface area contributed by atoms with E-state index in [2.05, 4.69) is 21.5 Å². The Hall–Kier alpha value is -4.97. The van der Waals surface area contributed by atoms with E-state index in [1.54, 1.807) is 43.3 Å². The molecule has 5 rings (SSSR count). The number of fused-ring (bicyclic) bond motifs is 1. The van der Waals surface area contributed by atoms with Gasteiger partial charge in [-0.25, -0.2) is 9.37 Å². The first-order valence-corrected chi connectivity index (χ1v) is 11.5. The van der Waals surface area contributed by atoms with Crippen LogP contribution in [0.3, 0.4) is 0 Å². The number of hydrogen-bond donors (Lipinski definition) is 1. The zero-order chi connectivity index (χ0) is 25.8. The summed E-state index contributed by atoms with van der Waals surface area (Å²) in [6.07, 6.45) is 3.39. The van der Waals surface area contributed by atoms with Gasteiger partial charge in [-0.2, -0.15) is 10.4 Å². The lowest BCUT2D eigenvalue weighted by atomic mass is 10.1. The molecule has 3 heterocycles. The van der Waals surface area contributed by atoms with Gasteiger partial charge in [0.2, 0.25) is 0 Å². The van der Waals surface area contributed by atoms with E-state index >= 15 is 0 Å². The fraction of sp³-hybridized carbons (Fsp3) is 0.143. The van der Waals surface area contributed by atoms with Crippen LogP contribution in [-0.4, -0.2) is 34.0 Å². The normalized spacial score (nSPS) is 10.8. The second-order valence-electron chi connectivity index (χ2n) is 8.28. The second kappa shape index (κ2) is 10.3. The van der Waals surface area contributed by atoms with Crippen molar-refractivity contribution in [3.05, 3.63) is 95.7 Å². The maximum atomic E-state index is 14.2. The largest absolute Gasteiger partial charge is 0.497 e. The van der Waals surface area contributed by atoms with E-state index in [0.717, 1.165) is 16.5 Å². The summed E-state index contributed by atoms with van der Waals surface area (Å²) >= 11 is 0. The predicted molar refractivity (Wildman–Crippen MR) is 138 cm³/mol. The Morgan fingerprint density at radius 1 is 1.05 bits per heavy atom. The van der Waals surface area contributed by atoms with Gasteiger partial charge in [0.1, 0.15) is 22.8 Å². The monoisotopic (exact) mass is 494 g/mol. The third-order valence-corrected chi connectivity index (χ3v) is 5.91. The van der Waals surface area contributed by atoms with Crippen LogP contribution in [0.5, 0.6) is 11.5 Å². The summed E-state index contributed by atoms with van der Waals surface area (Å²) in [5.74, 6) is 1.53. The first-order chi connectivity index (χ1) is 18.1. The number of anilines is 1. The van der Waals surface area contributed by atoms with Crippen molar-refractivity contribution in [3.63, 3.8) is 0 Å². The van der Waals surface area contributed by atoms with Crippen molar-refractivity contribution in [1.82, 2.24) is 19.7 Å². The molecule has 184 valence electrons. The SMILES string of the molecule is COc1ccc(CNc2nc(-c3cccc(C#N)c3)cc3cn(Cc4ncccc4F)nc23)c(OC)c1. The summed E-state index contributed by atoms with van der Waals surface area (Å²) in [6, 6.07) is 19.9. The van der Waals surface area contributed by atoms with Crippen molar-refractivity contribution in [2.24, 2.45) is 0 Å². The Morgan fingerprint density at radius 3 is 2.73 bits per heavy atom. The van der Waals surface area contributed by atoms with E-state index in [4.69, 9.17) is 14.5 Å². The third-order valence-electron chi connectivity index (χ3n) is 5.91. The number of aromatic nitrogens is 4. The smallest absolute Gasteiger partial charge is 0.155 e. The molecule has 0 spiro atoms. The molecule has 0 unspecified atom stereocenters.